The van der Waals surface area contributed by atoms with Crippen LogP contribution in [-0.2, 0) is 25.7 Å². The van der Waals surface area contributed by atoms with Gasteiger partial charge < -0.3 is 9.64 Å². The van der Waals surface area contributed by atoms with Crippen LogP contribution in [0.3, 0.4) is 0 Å². The lowest BCUT2D eigenvalue weighted by atomic mass is 10.0. The summed E-state index contributed by atoms with van der Waals surface area (Å²) in [7, 11) is 0. The Morgan fingerprint density at radius 1 is 1.14 bits per heavy atom. The van der Waals surface area contributed by atoms with Gasteiger partial charge in [-0.25, -0.2) is 13.9 Å². The molecule has 0 saturated carbocycles. The number of halogens is 3. The molecule has 0 saturated heterocycles. The van der Waals surface area contributed by atoms with Gasteiger partial charge in [0.25, 0.3) is 5.78 Å². The number of aromatic nitrogens is 5. The lowest BCUT2D eigenvalue weighted by Gasteiger charge is -2.30. The molecule has 1 aromatic carbocycles. The van der Waals surface area contributed by atoms with Crippen LogP contribution in [0, 0.1) is 13.8 Å². The van der Waals surface area contributed by atoms with Crippen molar-refractivity contribution in [1.29, 1.82) is 0 Å². The van der Waals surface area contributed by atoms with E-state index in [2.05, 4.69) is 15.1 Å². The number of benzene rings is 1. The number of rotatable bonds is 5. The van der Waals surface area contributed by atoms with Gasteiger partial charge in [0.1, 0.15) is 18.2 Å². The minimum atomic E-state index is -4.45. The normalized spacial score (nSPS) is 13.8. The highest BCUT2D eigenvalue weighted by Gasteiger charge is 2.32. The molecule has 4 aromatic rings. The number of nitrogens with zero attached hydrogens (tertiary/aromatic N) is 6. The maximum absolute atomic E-state index is 13.1. The van der Waals surface area contributed by atoms with Crippen LogP contribution in [0.4, 0.5) is 19.0 Å². The second-order valence-electron chi connectivity index (χ2n) is 8.58. The first-order valence-electron chi connectivity index (χ1n) is 11.2. The van der Waals surface area contributed by atoms with Crippen molar-refractivity contribution < 1.29 is 17.9 Å². The third-order valence-corrected chi connectivity index (χ3v) is 5.99. The fourth-order valence-electron chi connectivity index (χ4n) is 4.14. The largest absolute Gasteiger partial charge is 0.492 e. The predicted octanol–water partition coefficient (Wildman–Crippen LogP) is 3.56. The van der Waals surface area contributed by atoms with Crippen molar-refractivity contribution in [2.45, 2.75) is 39.5 Å². The standard InChI is InChI=1S/C24H23F3N6O2/c1-15-3-5-19(6-4-15)35-10-9-33-23(34)32-13-16(2)21(29-22(32)30-33)31-8-7-20-17(14-31)11-18(12-28-20)24(25,26)27/h3-6,11-13H,7-10,14H2,1-2H3. The first-order valence-corrected chi connectivity index (χ1v) is 11.2. The number of aryl methyl sites for hydroxylation is 2. The van der Waals surface area contributed by atoms with Crippen molar-refractivity contribution in [2.24, 2.45) is 0 Å². The number of anilines is 1. The molecule has 5 rings (SSSR count). The quantitative estimate of drug-likeness (QED) is 0.431. The molecule has 1 aliphatic heterocycles. The van der Waals surface area contributed by atoms with Gasteiger partial charge in [-0.05, 0) is 37.6 Å². The number of hydrogen-bond donors (Lipinski definition) is 0. The maximum atomic E-state index is 13.1. The first kappa shape index (κ1) is 22.9. The summed E-state index contributed by atoms with van der Waals surface area (Å²) in [5.41, 5.74) is 1.92. The summed E-state index contributed by atoms with van der Waals surface area (Å²) in [5.74, 6) is 1.50. The van der Waals surface area contributed by atoms with Crippen LogP contribution in [0.2, 0.25) is 0 Å². The third kappa shape index (κ3) is 4.58. The van der Waals surface area contributed by atoms with E-state index >= 15 is 0 Å². The Bertz CT molecular complexity index is 1440. The van der Waals surface area contributed by atoms with E-state index in [1.165, 1.54) is 9.08 Å². The maximum Gasteiger partial charge on any atom is 0.417 e. The van der Waals surface area contributed by atoms with Crippen molar-refractivity contribution in [1.82, 2.24) is 24.1 Å². The number of ether oxygens (including phenoxy) is 1. The molecule has 0 radical (unpaired) electrons. The Balaban J connectivity index is 1.36. The molecule has 8 nitrogen and oxygen atoms in total. The zero-order valence-corrected chi connectivity index (χ0v) is 19.2. The van der Waals surface area contributed by atoms with Gasteiger partial charge in [0.15, 0.2) is 0 Å². The van der Waals surface area contributed by atoms with Crippen molar-refractivity contribution in [2.75, 3.05) is 18.1 Å². The van der Waals surface area contributed by atoms with Crippen LogP contribution < -0.4 is 15.3 Å². The molecule has 0 unspecified atom stereocenters. The van der Waals surface area contributed by atoms with Gasteiger partial charge >= 0.3 is 11.9 Å². The summed E-state index contributed by atoms with van der Waals surface area (Å²) in [4.78, 5) is 23.3. The smallest absolute Gasteiger partial charge is 0.417 e. The molecule has 0 N–H and O–H groups in total. The van der Waals surface area contributed by atoms with E-state index in [9.17, 15) is 18.0 Å². The van der Waals surface area contributed by atoms with E-state index in [4.69, 9.17) is 4.74 Å². The predicted molar refractivity (Wildman–Crippen MR) is 123 cm³/mol. The Kier molecular flexibility index (Phi) is 5.70. The zero-order chi connectivity index (χ0) is 24.7. The van der Waals surface area contributed by atoms with Crippen molar-refractivity contribution >= 4 is 11.6 Å². The van der Waals surface area contributed by atoms with Gasteiger partial charge in [-0.2, -0.15) is 18.2 Å². The highest BCUT2D eigenvalue weighted by molar-refractivity contribution is 5.52. The van der Waals surface area contributed by atoms with E-state index in [0.29, 0.717) is 35.8 Å². The van der Waals surface area contributed by atoms with Crippen LogP contribution in [-0.4, -0.2) is 37.3 Å². The van der Waals surface area contributed by atoms with Crippen LogP contribution in [0.1, 0.15) is 27.9 Å². The van der Waals surface area contributed by atoms with Gasteiger partial charge in [-0.15, -0.1) is 5.10 Å². The lowest BCUT2D eigenvalue weighted by molar-refractivity contribution is -0.137. The monoisotopic (exact) mass is 484 g/mol. The van der Waals surface area contributed by atoms with Crippen LogP contribution in [0.5, 0.6) is 5.75 Å². The number of alkyl halides is 3. The third-order valence-electron chi connectivity index (χ3n) is 5.99. The van der Waals surface area contributed by atoms with Gasteiger partial charge in [-0.3, -0.25) is 4.98 Å². The Hall–Kier alpha value is -3.89. The first-order chi connectivity index (χ1) is 16.7. The molecule has 0 amide bonds. The summed E-state index contributed by atoms with van der Waals surface area (Å²) in [6.07, 6.45) is -1.41. The molecule has 11 heteroatoms. The summed E-state index contributed by atoms with van der Waals surface area (Å²) >= 11 is 0. The van der Waals surface area contributed by atoms with Gasteiger partial charge in [0.05, 0.1) is 12.1 Å². The molecular formula is C24H23F3N6O2. The fraction of sp³-hybridized carbons (Fsp3) is 0.333. The second kappa shape index (κ2) is 8.71. The van der Waals surface area contributed by atoms with Crippen LogP contribution in [0.25, 0.3) is 5.78 Å². The summed E-state index contributed by atoms with van der Waals surface area (Å²) in [6.45, 7) is 5.09. The molecule has 35 heavy (non-hydrogen) atoms. The molecule has 0 atom stereocenters. The molecule has 0 fully saturated rings. The molecular weight excluding hydrogens is 461 g/mol. The van der Waals surface area contributed by atoms with E-state index < -0.39 is 11.7 Å². The van der Waals surface area contributed by atoms with Crippen LogP contribution >= 0.6 is 0 Å². The molecule has 0 aliphatic carbocycles. The molecule has 182 valence electrons. The van der Waals surface area contributed by atoms with Gasteiger partial charge in [-0.1, -0.05) is 17.7 Å². The van der Waals surface area contributed by atoms with E-state index in [0.717, 1.165) is 23.4 Å². The van der Waals surface area contributed by atoms with E-state index in [1.54, 1.807) is 6.20 Å². The molecule has 0 spiro atoms. The van der Waals surface area contributed by atoms with Crippen molar-refractivity contribution in [3.05, 3.63) is 81.2 Å². The summed E-state index contributed by atoms with van der Waals surface area (Å²) in [5, 5.41) is 4.33. The van der Waals surface area contributed by atoms with Crippen LogP contribution in [0.15, 0.2) is 47.5 Å². The highest BCUT2D eigenvalue weighted by atomic mass is 19.4. The van der Waals surface area contributed by atoms with Crippen molar-refractivity contribution in [3.8, 4) is 5.75 Å². The average molecular weight is 484 g/mol. The number of fused-ring (bicyclic) bond motifs is 2. The second-order valence-corrected chi connectivity index (χ2v) is 8.58. The Morgan fingerprint density at radius 3 is 2.66 bits per heavy atom. The van der Waals surface area contributed by atoms with Crippen molar-refractivity contribution in [3.63, 3.8) is 0 Å². The van der Waals surface area contributed by atoms with Gasteiger partial charge in [0, 0.05) is 43.2 Å². The minimum absolute atomic E-state index is 0.221. The lowest BCUT2D eigenvalue weighted by Crippen LogP contribution is -2.33. The topological polar surface area (TPSA) is 77.6 Å². The highest BCUT2D eigenvalue weighted by Crippen LogP contribution is 2.32. The van der Waals surface area contributed by atoms with Gasteiger partial charge in [0.2, 0.25) is 0 Å². The van der Waals surface area contributed by atoms with E-state index in [-0.39, 0.29) is 31.2 Å². The molecule has 3 aromatic heterocycles. The molecule has 4 heterocycles. The summed E-state index contributed by atoms with van der Waals surface area (Å²) in [6, 6.07) is 8.76. The Labute approximate surface area is 198 Å². The Morgan fingerprint density at radius 2 is 1.91 bits per heavy atom. The summed E-state index contributed by atoms with van der Waals surface area (Å²) < 4.78 is 47.8. The number of hydrogen-bond acceptors (Lipinski definition) is 6. The fourth-order valence-corrected chi connectivity index (χ4v) is 4.14. The minimum Gasteiger partial charge on any atom is -0.492 e. The van der Waals surface area contributed by atoms with E-state index in [1.807, 2.05) is 43.0 Å². The average Bonchev–Trinajstić information content (AvgIpc) is 3.13. The molecule has 0 bridgehead atoms. The SMILES string of the molecule is Cc1ccc(OCCn2nc3nc(N4CCc5ncc(C(F)(F)F)cc5C4)c(C)cn3c2=O)cc1. The zero-order valence-electron chi connectivity index (χ0n) is 19.2. The molecule has 1 aliphatic rings. The number of pyridine rings is 1.